The number of benzene rings is 2. The SMILES string of the molecule is CC(C)C(NC(=O)CCOCCOCCOCCOCCN1C(=O)C=CC1=O)C(=O)NC(CCCN)C(=O)Nc1ccc(COC(=O)NCCCOc2ccc3cc2OCCCN(C)c2ccncc2NC(=O)c2nc-3cnc2N)cc1. The summed E-state index contributed by atoms with van der Waals surface area (Å²) in [4.78, 5) is 105. The van der Waals surface area contributed by atoms with Gasteiger partial charge in [-0.05, 0) is 80.1 Å². The van der Waals surface area contributed by atoms with Crippen LogP contribution >= 0.6 is 0 Å². The zero-order chi connectivity index (χ0) is 58.6. The molecule has 9 N–H and O–H groups in total. The number of nitrogens with one attached hydrogen (secondary N) is 5. The highest BCUT2D eigenvalue weighted by atomic mass is 16.6. The first-order chi connectivity index (χ1) is 39.7. The lowest BCUT2D eigenvalue weighted by Crippen LogP contribution is -2.54. The summed E-state index contributed by atoms with van der Waals surface area (Å²) in [5.74, 6) is -2.02. The van der Waals surface area contributed by atoms with Crippen LogP contribution in [0, 0.1) is 5.92 Å². The standard InChI is InChI=1S/C56H74N12O14/c1-37(2)50(66-47(69)17-25-76-27-29-78-31-32-79-30-28-77-26-22-68-48(70)14-15-49(68)71)54(73)64-41(7-4-18-57)53(72)62-40-11-8-38(9-12-40)36-82-56(75)60-19-5-23-80-45-13-10-39-33-46(45)81-24-6-21-67(3)44-16-20-59-34-43(44)65-55(74)51-52(58)61-35-42(39)63-51/h8-16,20,33-35,37,41,50H,4-7,17-19,21-32,36,57H2,1-3H3,(H2,58,61)(H,60,75)(H,62,72)(H,64,73)(H,65,74)(H,66,69). The lowest BCUT2D eigenvalue weighted by molar-refractivity contribution is -0.137. The normalized spacial score (nSPS) is 13.9. The van der Waals surface area contributed by atoms with Gasteiger partial charge < -0.3 is 76.1 Å². The van der Waals surface area contributed by atoms with Crippen molar-refractivity contribution in [3.63, 3.8) is 0 Å². The summed E-state index contributed by atoms with van der Waals surface area (Å²) in [6.45, 7) is 7.52. The van der Waals surface area contributed by atoms with Gasteiger partial charge in [-0.2, -0.15) is 0 Å². The molecule has 7 amide bonds. The van der Waals surface area contributed by atoms with Crippen LogP contribution < -0.4 is 52.4 Å². The van der Waals surface area contributed by atoms with Crippen LogP contribution in [-0.4, -0.2) is 173 Å². The molecule has 6 rings (SSSR count). The Hall–Kier alpha value is -8.30. The van der Waals surface area contributed by atoms with Crippen molar-refractivity contribution >= 4 is 64.4 Å². The highest BCUT2D eigenvalue weighted by Gasteiger charge is 2.29. The molecule has 0 saturated heterocycles. The van der Waals surface area contributed by atoms with E-state index in [4.69, 9.17) is 44.6 Å². The predicted molar refractivity (Wildman–Crippen MR) is 302 cm³/mol. The molecule has 2 aromatic carbocycles. The first-order valence-corrected chi connectivity index (χ1v) is 27.1. The molecule has 4 aromatic rings. The molecule has 26 heteroatoms. The quantitative estimate of drug-likeness (QED) is 0.0281. The van der Waals surface area contributed by atoms with Crippen LogP contribution in [0.3, 0.4) is 0 Å². The Morgan fingerprint density at radius 3 is 2.24 bits per heavy atom. The van der Waals surface area contributed by atoms with E-state index in [0.29, 0.717) is 98.5 Å². The van der Waals surface area contributed by atoms with Crippen molar-refractivity contribution < 1.29 is 66.7 Å². The Morgan fingerprint density at radius 2 is 1.54 bits per heavy atom. The summed E-state index contributed by atoms with van der Waals surface area (Å²) in [6, 6.07) is 11.9. The van der Waals surface area contributed by atoms with Crippen LogP contribution in [0.2, 0.25) is 0 Å². The predicted octanol–water partition coefficient (Wildman–Crippen LogP) is 2.97. The Kier molecular flexibility index (Phi) is 25.7. The summed E-state index contributed by atoms with van der Waals surface area (Å²) in [6.07, 6.45) is 8.28. The van der Waals surface area contributed by atoms with Crippen molar-refractivity contribution in [2.75, 3.05) is 121 Å². The number of carbonyl (C=O) groups is 7. The fraction of sp³-hybridized carbons (Fsp3) is 0.464. The van der Waals surface area contributed by atoms with E-state index in [-0.39, 0.29) is 101 Å². The number of nitrogens with two attached hydrogens (primary N) is 2. The minimum atomic E-state index is -0.951. The van der Waals surface area contributed by atoms with Crippen LogP contribution in [0.1, 0.15) is 62.0 Å². The molecule has 2 unspecified atom stereocenters. The van der Waals surface area contributed by atoms with E-state index in [9.17, 15) is 33.6 Å². The number of imide groups is 1. The van der Waals surface area contributed by atoms with E-state index in [2.05, 4.69) is 41.5 Å². The van der Waals surface area contributed by atoms with E-state index < -0.39 is 41.8 Å². The molecular weight excluding hydrogens is 1060 g/mol. The molecule has 4 heterocycles. The third kappa shape index (κ3) is 20.4. The van der Waals surface area contributed by atoms with Gasteiger partial charge in [-0.25, -0.2) is 14.8 Å². The van der Waals surface area contributed by atoms with Gasteiger partial charge in [-0.3, -0.25) is 38.7 Å². The van der Waals surface area contributed by atoms with E-state index in [0.717, 1.165) is 10.6 Å². The fourth-order valence-electron chi connectivity index (χ4n) is 8.13. The summed E-state index contributed by atoms with van der Waals surface area (Å²) >= 11 is 0. The van der Waals surface area contributed by atoms with E-state index in [1.165, 1.54) is 18.3 Å². The third-order valence-corrected chi connectivity index (χ3v) is 12.6. The maximum absolute atomic E-state index is 13.5. The second kappa shape index (κ2) is 33.5. The van der Waals surface area contributed by atoms with Crippen molar-refractivity contribution in [3.8, 4) is 22.8 Å². The zero-order valence-corrected chi connectivity index (χ0v) is 46.5. The highest BCUT2D eigenvalue weighted by molar-refractivity contribution is 6.13. The van der Waals surface area contributed by atoms with Gasteiger partial charge in [-0.15, -0.1) is 0 Å². The summed E-state index contributed by atoms with van der Waals surface area (Å²) < 4.78 is 39.6. The molecule has 442 valence electrons. The van der Waals surface area contributed by atoms with Gasteiger partial charge >= 0.3 is 6.09 Å². The van der Waals surface area contributed by atoms with Crippen LogP contribution in [0.5, 0.6) is 11.5 Å². The Bertz CT molecular complexity index is 2790. The first-order valence-electron chi connectivity index (χ1n) is 27.1. The van der Waals surface area contributed by atoms with Crippen LogP contribution in [-0.2, 0) is 54.3 Å². The number of nitrogen functional groups attached to an aromatic ring is 1. The van der Waals surface area contributed by atoms with Gasteiger partial charge in [0, 0.05) is 56.2 Å². The maximum atomic E-state index is 13.5. The van der Waals surface area contributed by atoms with Gasteiger partial charge in [0.05, 0.1) is 102 Å². The monoisotopic (exact) mass is 1140 g/mol. The minimum absolute atomic E-state index is 0.00502. The van der Waals surface area contributed by atoms with Gasteiger partial charge in [0.15, 0.2) is 23.0 Å². The zero-order valence-electron chi connectivity index (χ0n) is 46.5. The number of ether oxygens (including phenoxy) is 7. The molecule has 2 aliphatic rings. The smallest absolute Gasteiger partial charge is 0.407 e. The van der Waals surface area contributed by atoms with Gasteiger partial charge in [-0.1, -0.05) is 26.0 Å². The Balaban J connectivity index is 0.857. The van der Waals surface area contributed by atoms with E-state index >= 15 is 0 Å². The number of rotatable bonds is 31. The third-order valence-electron chi connectivity index (χ3n) is 12.6. The molecular formula is C56H74N12O14. The molecule has 0 spiro atoms. The molecule has 0 saturated carbocycles. The lowest BCUT2D eigenvalue weighted by atomic mass is 10.0. The number of aromatic nitrogens is 3. The fourth-order valence-corrected chi connectivity index (χ4v) is 8.13. The summed E-state index contributed by atoms with van der Waals surface area (Å²) in [7, 11) is 1.90. The summed E-state index contributed by atoms with van der Waals surface area (Å²) in [5.41, 5.74) is 15.2. The van der Waals surface area contributed by atoms with E-state index in [1.54, 1.807) is 74.8 Å². The minimum Gasteiger partial charge on any atom is -0.490 e. The first kappa shape index (κ1) is 62.9. The number of carbonyl (C=O) groups excluding carboxylic acids is 7. The number of anilines is 4. The lowest BCUT2D eigenvalue weighted by Gasteiger charge is -2.25. The number of amides is 7. The van der Waals surface area contributed by atoms with Crippen LogP contribution in [0.25, 0.3) is 11.3 Å². The van der Waals surface area contributed by atoms with Crippen molar-refractivity contribution in [2.24, 2.45) is 11.7 Å². The second-order valence-electron chi connectivity index (χ2n) is 19.2. The molecule has 82 heavy (non-hydrogen) atoms. The van der Waals surface area contributed by atoms with Crippen molar-refractivity contribution in [1.29, 1.82) is 0 Å². The van der Waals surface area contributed by atoms with Crippen molar-refractivity contribution in [3.05, 3.63) is 90.5 Å². The van der Waals surface area contributed by atoms with E-state index in [1.807, 2.05) is 11.9 Å². The Morgan fingerprint density at radius 1 is 0.829 bits per heavy atom. The molecule has 4 bridgehead atoms. The number of hydrogen-bond acceptors (Lipinski definition) is 20. The average molecular weight is 1140 g/mol. The average Bonchev–Trinajstić information content (AvgIpc) is 3.80. The Labute approximate surface area is 475 Å². The second-order valence-corrected chi connectivity index (χ2v) is 19.2. The molecule has 0 radical (unpaired) electrons. The van der Waals surface area contributed by atoms with Crippen molar-refractivity contribution in [1.82, 2.24) is 35.8 Å². The van der Waals surface area contributed by atoms with Crippen molar-refractivity contribution in [2.45, 2.75) is 64.6 Å². The van der Waals surface area contributed by atoms with Gasteiger partial charge in [0.2, 0.25) is 17.7 Å². The number of fused-ring (bicyclic) bond motifs is 6. The number of hydrogen-bond donors (Lipinski definition) is 7. The largest absolute Gasteiger partial charge is 0.490 e. The molecule has 2 aromatic heterocycles. The molecule has 2 aliphatic heterocycles. The van der Waals surface area contributed by atoms with Crippen LogP contribution in [0.4, 0.5) is 27.7 Å². The molecule has 0 aliphatic carbocycles. The molecule has 2 atom stereocenters. The summed E-state index contributed by atoms with van der Waals surface area (Å²) in [5, 5.41) is 14.0. The molecule has 26 nitrogen and oxygen atoms in total. The maximum Gasteiger partial charge on any atom is 0.407 e. The van der Waals surface area contributed by atoms with Gasteiger partial charge in [0.1, 0.15) is 18.7 Å². The molecule has 0 fully saturated rings. The number of alkyl carbamates (subject to hydrolysis) is 1. The van der Waals surface area contributed by atoms with Gasteiger partial charge in [0.25, 0.3) is 17.7 Å². The topological polar surface area (TPSA) is 341 Å². The number of pyridine rings is 1. The number of nitrogens with zero attached hydrogens (tertiary/aromatic N) is 5. The highest BCUT2D eigenvalue weighted by Crippen LogP contribution is 2.33. The van der Waals surface area contributed by atoms with Crippen LogP contribution in [0.15, 0.2) is 79.3 Å².